The monoisotopic (exact) mass is 287 g/mol. The Morgan fingerprint density at radius 1 is 1.19 bits per heavy atom. The quantitative estimate of drug-likeness (QED) is 0.895. The summed E-state index contributed by atoms with van der Waals surface area (Å²) in [5.41, 5.74) is 0.730. The Morgan fingerprint density at radius 3 is 2.52 bits per heavy atom. The molecule has 1 atom stereocenters. The summed E-state index contributed by atoms with van der Waals surface area (Å²) < 4.78 is 0. The average Bonchev–Trinajstić information content (AvgIpc) is 2.71. The summed E-state index contributed by atoms with van der Waals surface area (Å²) in [7, 11) is 1.77. The first kappa shape index (κ1) is 14.1. The van der Waals surface area contributed by atoms with Gasteiger partial charge in [-0.25, -0.2) is 0 Å². The van der Waals surface area contributed by atoms with Crippen LogP contribution in [0, 0.1) is 0 Å². The predicted octanol–water partition coefficient (Wildman–Crippen LogP) is 1.44. The van der Waals surface area contributed by atoms with E-state index in [1.807, 2.05) is 24.3 Å². The third kappa shape index (κ3) is 2.03. The zero-order valence-corrected chi connectivity index (χ0v) is 12.6. The molecule has 3 rings (SSSR count). The number of nitrogens with one attached hydrogen (secondary N) is 1. The van der Waals surface area contributed by atoms with Crippen molar-refractivity contribution in [1.29, 1.82) is 0 Å². The third-order valence-electron chi connectivity index (χ3n) is 4.46. The number of likely N-dealkylation sites (N-methyl/N-ethyl adjacent to an activating group) is 1. The van der Waals surface area contributed by atoms with Crippen molar-refractivity contribution < 1.29 is 9.59 Å². The molecule has 2 aliphatic heterocycles. The number of amides is 2. The number of hydrogen-bond donors (Lipinski definition) is 1. The standard InChI is InChI=1S/C16H21N3O2/c1-12(20)17-16(19-10-6-3-7-11-19)13-8-4-5-9-14(13)18(2)15(16)21/h4-5,8-9H,3,6-7,10-11H2,1-2H3,(H,17,20). The summed E-state index contributed by atoms with van der Waals surface area (Å²) in [6.07, 6.45) is 3.29. The van der Waals surface area contributed by atoms with E-state index in [9.17, 15) is 9.59 Å². The molecule has 0 aromatic heterocycles. The summed E-state index contributed by atoms with van der Waals surface area (Å²) in [6.45, 7) is 3.13. The molecule has 5 heteroatoms. The molecule has 112 valence electrons. The van der Waals surface area contributed by atoms with Gasteiger partial charge >= 0.3 is 0 Å². The predicted molar refractivity (Wildman–Crippen MR) is 80.8 cm³/mol. The van der Waals surface area contributed by atoms with E-state index in [0.717, 1.165) is 37.2 Å². The Morgan fingerprint density at radius 2 is 1.86 bits per heavy atom. The van der Waals surface area contributed by atoms with Crippen LogP contribution in [0.3, 0.4) is 0 Å². The number of carbonyl (C=O) groups is 2. The molecule has 0 saturated carbocycles. The van der Waals surface area contributed by atoms with E-state index in [2.05, 4.69) is 10.2 Å². The first-order chi connectivity index (χ1) is 10.1. The molecule has 2 aliphatic rings. The lowest BCUT2D eigenvalue weighted by molar-refractivity contribution is -0.140. The van der Waals surface area contributed by atoms with E-state index in [-0.39, 0.29) is 11.8 Å². The van der Waals surface area contributed by atoms with Gasteiger partial charge in [0.1, 0.15) is 0 Å². The van der Waals surface area contributed by atoms with Gasteiger partial charge in [-0.15, -0.1) is 0 Å². The molecule has 1 saturated heterocycles. The molecule has 0 bridgehead atoms. The van der Waals surface area contributed by atoms with E-state index in [1.165, 1.54) is 13.3 Å². The molecule has 1 unspecified atom stereocenters. The minimum atomic E-state index is -1.03. The Kier molecular flexibility index (Phi) is 3.45. The van der Waals surface area contributed by atoms with Gasteiger partial charge in [-0.3, -0.25) is 14.5 Å². The minimum absolute atomic E-state index is 0.0687. The molecule has 21 heavy (non-hydrogen) atoms. The maximum atomic E-state index is 13.0. The molecule has 1 fully saturated rings. The number of benzene rings is 1. The van der Waals surface area contributed by atoms with Crippen molar-refractivity contribution in [3.63, 3.8) is 0 Å². The van der Waals surface area contributed by atoms with E-state index < -0.39 is 5.66 Å². The number of anilines is 1. The highest BCUT2D eigenvalue weighted by atomic mass is 16.2. The van der Waals surface area contributed by atoms with Crippen LogP contribution in [0.4, 0.5) is 5.69 Å². The number of likely N-dealkylation sites (tertiary alicyclic amines) is 1. The lowest BCUT2D eigenvalue weighted by Gasteiger charge is -2.42. The largest absolute Gasteiger partial charge is 0.326 e. The van der Waals surface area contributed by atoms with Crippen molar-refractivity contribution in [2.24, 2.45) is 0 Å². The molecule has 1 aromatic rings. The molecule has 1 aromatic carbocycles. The van der Waals surface area contributed by atoms with E-state index in [1.54, 1.807) is 11.9 Å². The van der Waals surface area contributed by atoms with Crippen LogP contribution in [-0.4, -0.2) is 36.9 Å². The van der Waals surface area contributed by atoms with Gasteiger partial charge < -0.3 is 10.2 Å². The second kappa shape index (κ2) is 5.15. The SMILES string of the molecule is CC(=O)NC1(N2CCCCC2)C(=O)N(C)c2ccccc21. The van der Waals surface area contributed by atoms with Crippen molar-refractivity contribution in [3.05, 3.63) is 29.8 Å². The Hall–Kier alpha value is -1.88. The summed E-state index contributed by atoms with van der Waals surface area (Å²) >= 11 is 0. The fourth-order valence-corrected chi connectivity index (χ4v) is 3.53. The van der Waals surface area contributed by atoms with Crippen LogP contribution in [0.2, 0.25) is 0 Å². The van der Waals surface area contributed by atoms with Crippen LogP contribution in [0.15, 0.2) is 24.3 Å². The molecule has 0 radical (unpaired) electrons. The maximum Gasteiger partial charge on any atom is 0.272 e. The van der Waals surface area contributed by atoms with E-state index in [4.69, 9.17) is 0 Å². The van der Waals surface area contributed by atoms with Crippen molar-refractivity contribution >= 4 is 17.5 Å². The fourth-order valence-electron chi connectivity index (χ4n) is 3.53. The van der Waals surface area contributed by atoms with Gasteiger partial charge in [0.2, 0.25) is 11.6 Å². The molecular weight excluding hydrogens is 266 g/mol. The van der Waals surface area contributed by atoms with Crippen LogP contribution in [0.1, 0.15) is 31.7 Å². The van der Waals surface area contributed by atoms with Crippen LogP contribution < -0.4 is 10.2 Å². The van der Waals surface area contributed by atoms with Crippen molar-refractivity contribution in [2.75, 3.05) is 25.0 Å². The Bertz CT molecular complexity index is 581. The van der Waals surface area contributed by atoms with E-state index >= 15 is 0 Å². The number of fused-ring (bicyclic) bond motifs is 1. The van der Waals surface area contributed by atoms with Crippen LogP contribution in [0.5, 0.6) is 0 Å². The second-order valence-corrected chi connectivity index (χ2v) is 5.82. The lowest BCUT2D eigenvalue weighted by atomic mass is 9.95. The average molecular weight is 287 g/mol. The summed E-state index contributed by atoms with van der Waals surface area (Å²) in [5, 5.41) is 2.96. The highest BCUT2D eigenvalue weighted by Gasteiger charge is 2.54. The zero-order chi connectivity index (χ0) is 15.0. The van der Waals surface area contributed by atoms with Crippen molar-refractivity contribution in [1.82, 2.24) is 10.2 Å². The molecule has 0 spiro atoms. The van der Waals surface area contributed by atoms with Gasteiger partial charge in [-0.1, -0.05) is 24.6 Å². The summed E-state index contributed by atoms with van der Waals surface area (Å²) in [6, 6.07) is 7.72. The first-order valence-corrected chi connectivity index (χ1v) is 7.49. The first-order valence-electron chi connectivity index (χ1n) is 7.49. The second-order valence-electron chi connectivity index (χ2n) is 5.82. The van der Waals surface area contributed by atoms with Crippen LogP contribution in [-0.2, 0) is 15.3 Å². The number of piperidine rings is 1. The van der Waals surface area contributed by atoms with Crippen LogP contribution >= 0.6 is 0 Å². The summed E-state index contributed by atoms with van der Waals surface area (Å²) in [5.74, 6) is -0.250. The lowest BCUT2D eigenvalue weighted by Crippen LogP contribution is -2.63. The van der Waals surface area contributed by atoms with Gasteiger partial charge in [0.05, 0.1) is 5.69 Å². The van der Waals surface area contributed by atoms with E-state index in [0.29, 0.717) is 0 Å². The molecule has 1 N–H and O–H groups in total. The highest BCUT2D eigenvalue weighted by Crippen LogP contribution is 2.42. The van der Waals surface area contributed by atoms with Gasteiger partial charge in [0.15, 0.2) is 0 Å². The normalized spacial score (nSPS) is 25.8. The molecule has 2 heterocycles. The van der Waals surface area contributed by atoms with Gasteiger partial charge in [-0.2, -0.15) is 0 Å². The highest BCUT2D eigenvalue weighted by molar-refractivity contribution is 6.08. The smallest absolute Gasteiger partial charge is 0.272 e. The number of rotatable bonds is 2. The minimum Gasteiger partial charge on any atom is -0.326 e. The molecule has 2 amide bonds. The fraction of sp³-hybridized carbons (Fsp3) is 0.500. The molecule has 5 nitrogen and oxygen atoms in total. The van der Waals surface area contributed by atoms with Crippen molar-refractivity contribution in [3.8, 4) is 0 Å². The van der Waals surface area contributed by atoms with Gasteiger partial charge in [-0.05, 0) is 18.9 Å². The number of para-hydroxylation sites is 1. The van der Waals surface area contributed by atoms with Gasteiger partial charge in [0, 0.05) is 32.6 Å². The zero-order valence-electron chi connectivity index (χ0n) is 12.6. The van der Waals surface area contributed by atoms with Crippen LogP contribution in [0.25, 0.3) is 0 Å². The number of nitrogens with zero attached hydrogens (tertiary/aromatic N) is 2. The maximum absolute atomic E-state index is 13.0. The number of hydrogen-bond acceptors (Lipinski definition) is 3. The number of carbonyl (C=O) groups excluding carboxylic acids is 2. The topological polar surface area (TPSA) is 52.7 Å². The Balaban J connectivity index is 2.14. The summed E-state index contributed by atoms with van der Waals surface area (Å²) in [4.78, 5) is 28.6. The molecular formula is C16H21N3O2. The molecule has 0 aliphatic carbocycles. The van der Waals surface area contributed by atoms with Crippen molar-refractivity contribution in [2.45, 2.75) is 31.8 Å². The van der Waals surface area contributed by atoms with Gasteiger partial charge in [0.25, 0.3) is 5.91 Å². The third-order valence-corrected chi connectivity index (χ3v) is 4.46. The Labute approximate surface area is 124 Å².